The summed E-state index contributed by atoms with van der Waals surface area (Å²) in [4.78, 5) is 35.5. The zero-order chi connectivity index (χ0) is 9.30. The first-order valence-corrected chi connectivity index (χ1v) is 2.86. The van der Waals surface area contributed by atoms with E-state index in [1.54, 1.807) is 9.97 Å². The van der Waals surface area contributed by atoms with E-state index in [1.807, 2.05) is 0 Å². The van der Waals surface area contributed by atoms with Crippen molar-refractivity contribution in [2.45, 2.75) is 0 Å². The molecule has 7 heteroatoms. The van der Waals surface area contributed by atoms with E-state index in [4.69, 9.17) is 5.11 Å². The van der Waals surface area contributed by atoms with Crippen LogP contribution in [0, 0.1) is 0 Å². The van der Waals surface area contributed by atoms with Crippen molar-refractivity contribution in [3.8, 4) is 0 Å². The molecular weight excluding hydrogens is 166 g/mol. The highest BCUT2D eigenvalue weighted by Crippen LogP contribution is 1.78. The average molecular weight is 171 g/mol. The van der Waals surface area contributed by atoms with Gasteiger partial charge in [0, 0.05) is 0 Å². The van der Waals surface area contributed by atoms with Crippen LogP contribution in [0.15, 0.2) is 21.0 Å². The lowest BCUT2D eigenvalue weighted by molar-refractivity contribution is 0.459. The van der Waals surface area contributed by atoms with Crippen LogP contribution in [-0.4, -0.2) is 19.6 Å². The lowest BCUT2D eigenvalue weighted by Crippen LogP contribution is -2.42. The smallest absolute Gasteiger partial charge is 0.340 e. The number of hydrogen-bond donors (Lipinski definition) is 3. The highest BCUT2D eigenvalue weighted by molar-refractivity contribution is 5.27. The van der Waals surface area contributed by atoms with Gasteiger partial charge in [-0.25, -0.2) is 14.4 Å². The predicted octanol–water partition coefficient (Wildman–Crippen LogP) is -1.79. The highest BCUT2D eigenvalue weighted by atomic mass is 16.3. The van der Waals surface area contributed by atoms with Crippen molar-refractivity contribution in [2.75, 3.05) is 0 Å². The topological polar surface area (TPSA) is 108 Å². The van der Waals surface area contributed by atoms with Crippen LogP contribution in [0.5, 0.6) is 0 Å². The summed E-state index contributed by atoms with van der Waals surface area (Å²) in [6, 6.07) is 0. The van der Waals surface area contributed by atoms with Gasteiger partial charge in [0.05, 0.1) is 0 Å². The van der Waals surface area contributed by atoms with Crippen molar-refractivity contribution >= 4 is 5.88 Å². The van der Waals surface area contributed by atoms with Crippen LogP contribution < -0.4 is 17.1 Å². The van der Waals surface area contributed by atoms with Crippen molar-refractivity contribution < 1.29 is 5.11 Å². The number of rotatable bonds is 1. The molecule has 0 amide bonds. The molecule has 0 aliphatic carbocycles. The summed E-state index contributed by atoms with van der Waals surface area (Å²) in [5.41, 5.74) is -2.99. The molecule has 7 nitrogen and oxygen atoms in total. The minimum absolute atomic E-state index is 0.293. The molecule has 1 aromatic heterocycles. The maximum absolute atomic E-state index is 10.8. The van der Waals surface area contributed by atoms with Crippen molar-refractivity contribution in [1.29, 1.82) is 0 Å². The van der Waals surface area contributed by atoms with Crippen LogP contribution in [0.1, 0.15) is 0 Å². The molecule has 64 valence electrons. The largest absolute Gasteiger partial charge is 0.494 e. The molecule has 0 fully saturated rings. The van der Waals surface area contributed by atoms with Gasteiger partial charge in [-0.05, 0) is 6.58 Å². The first kappa shape index (κ1) is 8.05. The van der Waals surface area contributed by atoms with Crippen molar-refractivity contribution in [3.63, 3.8) is 0 Å². The van der Waals surface area contributed by atoms with Gasteiger partial charge in [0.15, 0.2) is 5.88 Å². The maximum Gasteiger partial charge on any atom is 0.340 e. The Kier molecular flexibility index (Phi) is 1.70. The average Bonchev–Trinajstić information content (AvgIpc) is 1.82. The molecule has 1 heterocycles. The first-order valence-electron chi connectivity index (χ1n) is 2.86. The maximum atomic E-state index is 10.8. The monoisotopic (exact) mass is 171 g/mol. The molecule has 0 aliphatic heterocycles. The van der Waals surface area contributed by atoms with Gasteiger partial charge in [-0.1, -0.05) is 0 Å². The molecule has 0 atom stereocenters. The Labute approximate surface area is 64.6 Å². The third kappa shape index (κ3) is 1.19. The molecular formula is C5H5N3O4. The fraction of sp³-hybridized carbons (Fsp3) is 0. The molecule has 0 radical (unpaired) electrons. The normalized spacial score (nSPS) is 9.67. The Morgan fingerprint density at radius 2 is 1.67 bits per heavy atom. The molecule has 0 bridgehead atoms. The second-order valence-corrected chi connectivity index (χ2v) is 1.94. The van der Waals surface area contributed by atoms with Gasteiger partial charge >= 0.3 is 17.1 Å². The highest BCUT2D eigenvalue weighted by Gasteiger charge is 2.03. The summed E-state index contributed by atoms with van der Waals surface area (Å²) < 4.78 is 0.293. The Morgan fingerprint density at radius 3 is 2.00 bits per heavy atom. The number of nitrogens with one attached hydrogen (secondary N) is 2. The van der Waals surface area contributed by atoms with Gasteiger partial charge in [-0.3, -0.25) is 9.97 Å². The second-order valence-electron chi connectivity index (χ2n) is 1.94. The number of aliphatic hydroxyl groups excluding tert-OH is 1. The van der Waals surface area contributed by atoms with Crippen molar-refractivity contribution in [2.24, 2.45) is 0 Å². The molecule has 1 rings (SSSR count). The van der Waals surface area contributed by atoms with E-state index >= 15 is 0 Å². The van der Waals surface area contributed by atoms with Gasteiger partial charge in [-0.2, -0.15) is 4.57 Å². The van der Waals surface area contributed by atoms with E-state index in [1.165, 1.54) is 0 Å². The molecule has 0 aromatic carbocycles. The van der Waals surface area contributed by atoms with Gasteiger partial charge in [-0.15, -0.1) is 0 Å². The van der Waals surface area contributed by atoms with Crippen LogP contribution in [0.2, 0.25) is 0 Å². The summed E-state index contributed by atoms with van der Waals surface area (Å²) in [6.07, 6.45) is 0. The van der Waals surface area contributed by atoms with E-state index in [2.05, 4.69) is 6.58 Å². The first-order chi connectivity index (χ1) is 5.52. The van der Waals surface area contributed by atoms with E-state index in [-0.39, 0.29) is 0 Å². The summed E-state index contributed by atoms with van der Waals surface area (Å²) in [5, 5.41) is 8.70. The molecule has 0 saturated carbocycles. The van der Waals surface area contributed by atoms with Crippen molar-refractivity contribution in [1.82, 2.24) is 14.5 Å². The number of nitrogens with zero attached hydrogens (tertiary/aromatic N) is 1. The molecule has 0 unspecified atom stereocenters. The summed E-state index contributed by atoms with van der Waals surface area (Å²) in [5.74, 6) is -0.752. The fourth-order valence-corrected chi connectivity index (χ4v) is 0.664. The Hall–Kier alpha value is -2.05. The van der Waals surface area contributed by atoms with Crippen LogP contribution in [0.3, 0.4) is 0 Å². The molecule has 3 N–H and O–H groups in total. The molecule has 0 aliphatic rings. The Bertz CT molecular complexity index is 442. The minimum Gasteiger partial charge on any atom is -0.494 e. The standard InChI is InChI=1S/C5H5N3O4/c1-2(9)8-4(11)6-3(10)7-5(8)12/h9H,1H2,(H2,6,7,10,11,12). The van der Waals surface area contributed by atoms with Gasteiger partial charge in [0.25, 0.3) is 0 Å². The zero-order valence-electron chi connectivity index (χ0n) is 5.83. The number of hydrogen-bond acceptors (Lipinski definition) is 4. The van der Waals surface area contributed by atoms with E-state index in [9.17, 15) is 14.4 Å². The number of aromatic amines is 2. The summed E-state index contributed by atoms with van der Waals surface area (Å²) in [6.45, 7) is 2.95. The minimum atomic E-state index is -1.03. The SMILES string of the molecule is C=C(O)n1c(=O)[nH]c(=O)[nH]c1=O. The Balaban J connectivity index is 3.73. The quantitative estimate of drug-likeness (QED) is 0.433. The van der Waals surface area contributed by atoms with Crippen LogP contribution in [0.4, 0.5) is 0 Å². The zero-order valence-corrected chi connectivity index (χ0v) is 5.83. The summed E-state index contributed by atoms with van der Waals surface area (Å²) >= 11 is 0. The lowest BCUT2D eigenvalue weighted by atomic mass is 10.8. The van der Waals surface area contributed by atoms with E-state index < -0.39 is 23.0 Å². The van der Waals surface area contributed by atoms with Gasteiger partial charge in [0.2, 0.25) is 0 Å². The second kappa shape index (κ2) is 2.53. The fourth-order valence-electron chi connectivity index (χ4n) is 0.664. The number of aliphatic hydroxyl groups is 1. The summed E-state index contributed by atoms with van der Waals surface area (Å²) in [7, 11) is 0. The molecule has 12 heavy (non-hydrogen) atoms. The molecule has 0 spiro atoms. The van der Waals surface area contributed by atoms with Crippen LogP contribution in [0.25, 0.3) is 5.88 Å². The lowest BCUT2D eigenvalue weighted by Gasteiger charge is -1.97. The van der Waals surface area contributed by atoms with Crippen LogP contribution in [-0.2, 0) is 0 Å². The van der Waals surface area contributed by atoms with Crippen LogP contribution >= 0.6 is 0 Å². The molecule has 1 aromatic rings. The Morgan fingerprint density at radius 1 is 1.25 bits per heavy atom. The van der Waals surface area contributed by atoms with Crippen molar-refractivity contribution in [3.05, 3.63) is 38.0 Å². The van der Waals surface area contributed by atoms with Gasteiger partial charge < -0.3 is 5.11 Å². The molecule has 0 saturated heterocycles. The van der Waals surface area contributed by atoms with E-state index in [0.29, 0.717) is 4.57 Å². The predicted molar refractivity (Wildman–Crippen MR) is 39.9 cm³/mol. The number of aromatic nitrogens is 3. The van der Waals surface area contributed by atoms with Gasteiger partial charge in [0.1, 0.15) is 0 Å². The number of H-pyrrole nitrogens is 2. The third-order valence-electron chi connectivity index (χ3n) is 1.11. The third-order valence-corrected chi connectivity index (χ3v) is 1.11. The van der Waals surface area contributed by atoms with E-state index in [0.717, 1.165) is 0 Å².